The van der Waals surface area contributed by atoms with Gasteiger partial charge in [-0.1, -0.05) is 54.6 Å². The van der Waals surface area contributed by atoms with Gasteiger partial charge < -0.3 is 15.6 Å². The van der Waals surface area contributed by atoms with Gasteiger partial charge in [-0.2, -0.15) is 0 Å². The number of carbonyl (C=O) groups excluding carboxylic acids is 1. The van der Waals surface area contributed by atoms with Crippen molar-refractivity contribution in [3.05, 3.63) is 72.3 Å². The Kier molecular flexibility index (Phi) is 6.49. The molecule has 0 saturated carbocycles. The first-order valence-electron chi connectivity index (χ1n) is 12.0. The summed E-state index contributed by atoms with van der Waals surface area (Å²) < 4.78 is 32.6. The summed E-state index contributed by atoms with van der Waals surface area (Å²) in [6.45, 7) is 2.57. The highest BCUT2D eigenvalue weighted by Gasteiger charge is 2.26. The van der Waals surface area contributed by atoms with Gasteiger partial charge >= 0.3 is 0 Å². The lowest BCUT2D eigenvalue weighted by Gasteiger charge is -2.25. The summed E-state index contributed by atoms with van der Waals surface area (Å²) in [6.07, 6.45) is 2.67. The lowest BCUT2D eigenvalue weighted by molar-refractivity contribution is -0.117. The van der Waals surface area contributed by atoms with Gasteiger partial charge in [0.1, 0.15) is 5.82 Å². The topological polar surface area (TPSA) is 106 Å². The molecule has 1 aliphatic heterocycles. The van der Waals surface area contributed by atoms with Crippen LogP contribution in [0.3, 0.4) is 0 Å². The molecular formula is C27H30N4O3S. The van der Waals surface area contributed by atoms with Crippen molar-refractivity contribution in [2.24, 2.45) is 11.7 Å². The number of nitrogens with one attached hydrogen (secondary N) is 2. The van der Waals surface area contributed by atoms with Crippen LogP contribution in [0.1, 0.15) is 24.8 Å². The summed E-state index contributed by atoms with van der Waals surface area (Å²) in [6, 6.07) is 20.6. The van der Waals surface area contributed by atoms with Gasteiger partial charge in [-0.15, -0.1) is 0 Å². The zero-order chi connectivity index (χ0) is 24.4. The number of nitrogens with two attached hydrogens (primary N) is 1. The maximum absolute atomic E-state index is 13.8. The van der Waals surface area contributed by atoms with Crippen molar-refractivity contribution in [3.8, 4) is 0 Å². The molecule has 4 N–H and O–H groups in total. The van der Waals surface area contributed by atoms with Gasteiger partial charge in [0.15, 0.2) is 0 Å². The van der Waals surface area contributed by atoms with Crippen molar-refractivity contribution in [2.75, 3.05) is 17.8 Å². The Morgan fingerprint density at radius 2 is 1.77 bits per heavy atom. The fourth-order valence-corrected chi connectivity index (χ4v) is 6.46. The van der Waals surface area contributed by atoms with E-state index in [2.05, 4.69) is 14.6 Å². The number of nitrogens with zero attached hydrogens (tertiary/aromatic N) is 1. The number of sulfonamides is 1. The number of hydrogen-bond donors (Lipinski definition) is 3. The highest BCUT2D eigenvalue weighted by Crippen LogP contribution is 2.35. The Morgan fingerprint density at radius 1 is 1.03 bits per heavy atom. The molecule has 1 aromatic heterocycles. The van der Waals surface area contributed by atoms with Gasteiger partial charge in [-0.25, -0.2) is 8.42 Å². The summed E-state index contributed by atoms with van der Waals surface area (Å²) in [7, 11) is -3.91. The molecule has 4 aromatic rings. The summed E-state index contributed by atoms with van der Waals surface area (Å²) in [5.74, 6) is 0.483. The van der Waals surface area contributed by atoms with Crippen LogP contribution >= 0.6 is 0 Å². The fourth-order valence-electron chi connectivity index (χ4n) is 5.13. The first-order valence-corrected chi connectivity index (χ1v) is 13.5. The second-order valence-corrected chi connectivity index (χ2v) is 10.9. The highest BCUT2D eigenvalue weighted by molar-refractivity contribution is 7.93. The molecule has 35 heavy (non-hydrogen) atoms. The fraction of sp³-hybridized carbons (Fsp3) is 0.296. The van der Waals surface area contributed by atoms with E-state index in [0.29, 0.717) is 30.1 Å². The van der Waals surface area contributed by atoms with Gasteiger partial charge in [0.2, 0.25) is 5.91 Å². The van der Waals surface area contributed by atoms with Crippen LogP contribution in [0.2, 0.25) is 0 Å². The smallest absolute Gasteiger partial charge is 0.263 e. The van der Waals surface area contributed by atoms with Crippen LogP contribution in [-0.2, 0) is 27.8 Å². The van der Waals surface area contributed by atoms with E-state index in [1.807, 2.05) is 54.6 Å². The number of primary amides is 1. The van der Waals surface area contributed by atoms with Crippen LogP contribution in [-0.4, -0.2) is 32.0 Å². The number of carbonyl (C=O) groups is 1. The van der Waals surface area contributed by atoms with Gasteiger partial charge in [-0.3, -0.25) is 9.52 Å². The number of aromatic nitrogens is 1. The van der Waals surface area contributed by atoms with Crippen molar-refractivity contribution in [2.45, 2.75) is 37.1 Å². The minimum Gasteiger partial charge on any atom is -0.370 e. The number of amides is 1. The maximum atomic E-state index is 13.8. The molecule has 7 nitrogen and oxygen atoms in total. The van der Waals surface area contributed by atoms with E-state index < -0.39 is 15.9 Å². The summed E-state index contributed by atoms with van der Waals surface area (Å²) in [5.41, 5.74) is 7.23. The Hall–Kier alpha value is -3.36. The molecule has 0 unspecified atom stereocenters. The van der Waals surface area contributed by atoms with E-state index in [4.69, 9.17) is 5.73 Å². The normalized spacial score (nSPS) is 16.5. The average Bonchev–Trinajstić information content (AvgIpc) is 3.14. The second kappa shape index (κ2) is 9.71. The molecule has 182 valence electrons. The van der Waals surface area contributed by atoms with Crippen molar-refractivity contribution in [1.82, 2.24) is 9.88 Å². The van der Waals surface area contributed by atoms with Crippen molar-refractivity contribution < 1.29 is 13.2 Å². The van der Waals surface area contributed by atoms with Gasteiger partial charge in [0.05, 0.1) is 4.90 Å². The van der Waals surface area contributed by atoms with Gasteiger partial charge in [-0.05, 0) is 55.8 Å². The Bertz CT molecular complexity index is 1480. The number of para-hydroxylation sites is 1. The predicted octanol–water partition coefficient (Wildman–Crippen LogP) is 4.01. The molecule has 0 bridgehead atoms. The van der Waals surface area contributed by atoms with Gasteiger partial charge in [0, 0.05) is 34.8 Å². The maximum Gasteiger partial charge on any atom is 0.263 e. The molecule has 1 saturated heterocycles. The van der Waals surface area contributed by atoms with Crippen LogP contribution in [0, 0.1) is 5.92 Å². The number of rotatable bonds is 8. The lowest BCUT2D eigenvalue weighted by atomic mass is 9.99. The number of benzene rings is 3. The molecule has 0 spiro atoms. The molecule has 1 amide bonds. The molecule has 1 atom stereocenters. The van der Waals surface area contributed by atoms with E-state index in [1.54, 1.807) is 12.1 Å². The molecule has 2 heterocycles. The van der Waals surface area contributed by atoms with Crippen LogP contribution in [0.4, 0.5) is 5.82 Å². The zero-order valence-corrected chi connectivity index (χ0v) is 20.4. The van der Waals surface area contributed by atoms with Gasteiger partial charge in [0.25, 0.3) is 10.0 Å². The number of aryl methyl sites for hydroxylation is 1. The lowest BCUT2D eigenvalue weighted by Crippen LogP contribution is -2.32. The quantitative estimate of drug-likeness (QED) is 0.347. The number of piperidine rings is 1. The van der Waals surface area contributed by atoms with E-state index in [9.17, 15) is 13.2 Å². The molecule has 5 rings (SSSR count). The molecule has 1 aliphatic rings. The Balaban J connectivity index is 1.64. The average molecular weight is 491 g/mol. The molecular weight excluding hydrogens is 460 g/mol. The molecule has 0 radical (unpaired) electrons. The number of anilines is 1. The predicted molar refractivity (Wildman–Crippen MR) is 140 cm³/mol. The van der Waals surface area contributed by atoms with Crippen molar-refractivity contribution >= 4 is 43.4 Å². The third kappa shape index (κ3) is 4.76. The van der Waals surface area contributed by atoms with Crippen LogP contribution < -0.4 is 15.8 Å². The minimum atomic E-state index is -3.91. The van der Waals surface area contributed by atoms with E-state index in [0.717, 1.165) is 47.8 Å². The summed E-state index contributed by atoms with van der Waals surface area (Å²) in [5, 5.41) is 5.92. The largest absolute Gasteiger partial charge is 0.370 e. The number of fused-ring (bicyclic) bond motifs is 2. The van der Waals surface area contributed by atoms with Crippen LogP contribution in [0.25, 0.3) is 21.7 Å². The van der Waals surface area contributed by atoms with Crippen LogP contribution in [0.15, 0.2) is 71.6 Å². The SMILES string of the molecule is NC(=O)CCc1c(NS(=O)(=O)c2cccc3ccccc23)n(C[C@H]2CCCNC2)c2ccccc12. The first-order chi connectivity index (χ1) is 16.9. The summed E-state index contributed by atoms with van der Waals surface area (Å²) in [4.78, 5) is 11.9. The highest BCUT2D eigenvalue weighted by atomic mass is 32.2. The van der Waals surface area contributed by atoms with E-state index >= 15 is 0 Å². The monoisotopic (exact) mass is 490 g/mol. The summed E-state index contributed by atoms with van der Waals surface area (Å²) >= 11 is 0. The third-order valence-electron chi connectivity index (χ3n) is 6.81. The Labute approximate surface area is 205 Å². The molecule has 0 aliphatic carbocycles. The molecule has 1 fully saturated rings. The van der Waals surface area contributed by atoms with E-state index in [-0.39, 0.29) is 11.3 Å². The molecule has 8 heteroatoms. The standard InChI is InChI=1S/C27H30N4O3S/c28-26(32)15-14-23-22-11-3-4-12-24(22)31(18-19-7-6-16-29-17-19)27(23)30-35(33,34)25-13-5-9-20-8-1-2-10-21(20)25/h1-5,8-13,19,29-30H,6-7,14-18H2,(H2,28,32)/t19-/m0/s1. The minimum absolute atomic E-state index is 0.141. The van der Waals surface area contributed by atoms with E-state index in [1.165, 1.54) is 0 Å². The number of hydrogen-bond acceptors (Lipinski definition) is 4. The molecule has 3 aromatic carbocycles. The second-order valence-electron chi connectivity index (χ2n) is 9.22. The van der Waals surface area contributed by atoms with Crippen molar-refractivity contribution in [3.63, 3.8) is 0 Å². The zero-order valence-electron chi connectivity index (χ0n) is 19.5. The Morgan fingerprint density at radius 3 is 2.54 bits per heavy atom. The van der Waals surface area contributed by atoms with Crippen LogP contribution in [0.5, 0.6) is 0 Å². The van der Waals surface area contributed by atoms with Crippen molar-refractivity contribution in [1.29, 1.82) is 0 Å². The third-order valence-corrected chi connectivity index (χ3v) is 8.20. The first kappa shape index (κ1) is 23.4.